The first-order valence-electron chi connectivity index (χ1n) is 24.3. The number of benzene rings is 11. The lowest BCUT2D eigenvalue weighted by molar-refractivity contribution is 0.768. The maximum atomic E-state index is 2.55. The van der Waals surface area contributed by atoms with Crippen LogP contribution in [0.15, 0.2) is 261 Å². The summed E-state index contributed by atoms with van der Waals surface area (Å²) in [4.78, 5) is 2.55. The normalized spacial score (nSPS) is 13.9. The van der Waals surface area contributed by atoms with E-state index in [9.17, 15) is 0 Å². The number of fused-ring (bicyclic) bond motifs is 16. The van der Waals surface area contributed by atoms with Gasteiger partial charge < -0.3 is 4.90 Å². The maximum Gasteiger partial charge on any atom is 0.0726 e. The molecule has 0 saturated heterocycles. The molecule has 0 bridgehead atoms. The number of anilines is 3. The summed E-state index contributed by atoms with van der Waals surface area (Å²) in [5, 5.41) is 2.64. The van der Waals surface area contributed by atoms with Crippen LogP contribution in [0, 0.1) is 0 Å². The standard InChI is InChI=1S/C68H43NS/c1-3-18-46(19-4-1)67(47-20-5-2-6-21-47)57-27-12-7-24-52(57)53-41-39-49(43-62(53)67)69(48-37-34-44(35-38-48)45-36-40-55-54-25-11-16-33-64(54)70-65(55)42-45)63-32-17-31-61-66(63)56-26-10-15-30-60(56)68(61)58-28-13-8-22-50(58)51-23-9-14-29-59(51)68/h1-43H. The SMILES string of the molecule is c1ccc(C2(c3ccccc3)c3ccccc3-c3ccc(N(c4ccc(-c5ccc6c(c5)sc5ccccc56)cc4)c4cccc5c4-c4ccccc4C54c5ccccc5-c5ccccc54)cc32)cc1. The fourth-order valence-corrected chi connectivity index (χ4v) is 14.2. The fraction of sp³-hybridized carbons (Fsp3) is 0.0294. The second-order valence-corrected chi connectivity index (χ2v) is 20.1. The second kappa shape index (κ2) is 15.0. The van der Waals surface area contributed by atoms with Crippen molar-refractivity contribution in [3.63, 3.8) is 0 Å². The van der Waals surface area contributed by atoms with Gasteiger partial charge in [-0.2, -0.15) is 0 Å². The van der Waals surface area contributed by atoms with Gasteiger partial charge in [0.25, 0.3) is 0 Å². The number of nitrogens with zero attached hydrogens (tertiary/aromatic N) is 1. The van der Waals surface area contributed by atoms with Crippen LogP contribution in [0.4, 0.5) is 17.1 Å². The minimum absolute atomic E-state index is 0.467. The van der Waals surface area contributed by atoms with Crippen LogP contribution in [-0.4, -0.2) is 0 Å². The molecule has 1 spiro atoms. The first-order chi connectivity index (χ1) is 34.7. The molecule has 70 heavy (non-hydrogen) atoms. The van der Waals surface area contributed by atoms with Crippen LogP contribution in [0.1, 0.15) is 44.5 Å². The fourth-order valence-electron chi connectivity index (χ4n) is 13.0. The third-order valence-electron chi connectivity index (χ3n) is 15.8. The maximum absolute atomic E-state index is 2.55. The number of hydrogen-bond acceptors (Lipinski definition) is 2. The summed E-state index contributed by atoms with van der Waals surface area (Å²) in [7, 11) is 0. The van der Waals surface area contributed by atoms with Gasteiger partial charge in [0.1, 0.15) is 0 Å². The predicted octanol–water partition coefficient (Wildman–Crippen LogP) is 17.9. The third kappa shape index (κ3) is 5.26. The van der Waals surface area contributed by atoms with Gasteiger partial charge in [0.05, 0.1) is 16.5 Å². The summed E-state index contributed by atoms with van der Waals surface area (Å²) in [6.45, 7) is 0. The van der Waals surface area contributed by atoms with Crippen molar-refractivity contribution in [3.8, 4) is 44.5 Å². The summed E-state index contributed by atoms with van der Waals surface area (Å²) in [5.41, 5.74) is 22.9. The summed E-state index contributed by atoms with van der Waals surface area (Å²) in [6.07, 6.45) is 0. The Morgan fingerprint density at radius 1 is 0.286 bits per heavy atom. The van der Waals surface area contributed by atoms with Gasteiger partial charge in [-0.25, -0.2) is 0 Å². The monoisotopic (exact) mass is 905 g/mol. The molecule has 1 aromatic heterocycles. The van der Waals surface area contributed by atoms with Crippen LogP contribution >= 0.6 is 11.3 Å². The van der Waals surface area contributed by atoms with Crippen molar-refractivity contribution in [3.05, 3.63) is 305 Å². The Bertz CT molecular complexity index is 3980. The molecule has 3 aliphatic rings. The second-order valence-electron chi connectivity index (χ2n) is 19.0. The van der Waals surface area contributed by atoms with E-state index in [1.54, 1.807) is 0 Å². The highest BCUT2D eigenvalue weighted by Crippen LogP contribution is 2.65. The molecule has 326 valence electrons. The Balaban J connectivity index is 0.988. The van der Waals surface area contributed by atoms with Gasteiger partial charge >= 0.3 is 0 Å². The molecule has 0 unspecified atom stereocenters. The van der Waals surface area contributed by atoms with E-state index in [-0.39, 0.29) is 0 Å². The lowest BCUT2D eigenvalue weighted by atomic mass is 9.67. The number of thiophene rings is 1. The van der Waals surface area contributed by atoms with E-state index in [1.807, 2.05) is 11.3 Å². The highest BCUT2D eigenvalue weighted by Gasteiger charge is 2.52. The average Bonchev–Trinajstić information content (AvgIpc) is 4.15. The van der Waals surface area contributed by atoms with E-state index in [0.717, 1.165) is 17.1 Å². The van der Waals surface area contributed by atoms with Crippen molar-refractivity contribution < 1.29 is 0 Å². The third-order valence-corrected chi connectivity index (χ3v) is 16.9. The molecule has 1 nitrogen and oxygen atoms in total. The van der Waals surface area contributed by atoms with E-state index >= 15 is 0 Å². The van der Waals surface area contributed by atoms with Crippen molar-refractivity contribution in [1.29, 1.82) is 0 Å². The molecule has 0 saturated carbocycles. The van der Waals surface area contributed by atoms with Crippen LogP contribution in [0.25, 0.3) is 64.7 Å². The van der Waals surface area contributed by atoms with Crippen molar-refractivity contribution in [2.24, 2.45) is 0 Å². The Hall–Kier alpha value is -8.56. The van der Waals surface area contributed by atoms with Crippen molar-refractivity contribution >= 4 is 48.6 Å². The molecule has 15 rings (SSSR count). The Kier molecular flexibility index (Phi) is 8.43. The summed E-state index contributed by atoms with van der Waals surface area (Å²) in [5.74, 6) is 0. The number of rotatable bonds is 6. The van der Waals surface area contributed by atoms with Crippen LogP contribution < -0.4 is 4.90 Å². The van der Waals surface area contributed by atoms with Gasteiger partial charge in [0, 0.05) is 37.1 Å². The summed E-state index contributed by atoms with van der Waals surface area (Å²) in [6, 6.07) is 98.1. The van der Waals surface area contributed by atoms with E-state index < -0.39 is 10.8 Å². The molecule has 12 aromatic rings. The molecular formula is C68H43NS. The Labute approximate surface area is 411 Å². The van der Waals surface area contributed by atoms with E-state index in [4.69, 9.17) is 0 Å². The van der Waals surface area contributed by atoms with Gasteiger partial charge in [-0.15, -0.1) is 11.3 Å². The largest absolute Gasteiger partial charge is 0.310 e. The minimum Gasteiger partial charge on any atom is -0.310 e. The molecule has 3 aliphatic carbocycles. The zero-order valence-corrected chi connectivity index (χ0v) is 39.0. The van der Waals surface area contributed by atoms with Gasteiger partial charge in [0.2, 0.25) is 0 Å². The zero-order chi connectivity index (χ0) is 46.0. The molecule has 0 aliphatic heterocycles. The highest BCUT2D eigenvalue weighted by atomic mass is 32.1. The first-order valence-corrected chi connectivity index (χ1v) is 25.1. The van der Waals surface area contributed by atoms with Gasteiger partial charge in [0.15, 0.2) is 0 Å². The molecule has 0 atom stereocenters. The molecule has 1 heterocycles. The summed E-state index contributed by atoms with van der Waals surface area (Å²) < 4.78 is 2.64. The summed E-state index contributed by atoms with van der Waals surface area (Å²) >= 11 is 1.87. The zero-order valence-electron chi connectivity index (χ0n) is 38.2. The smallest absolute Gasteiger partial charge is 0.0726 e. The van der Waals surface area contributed by atoms with E-state index in [0.29, 0.717) is 0 Å². The lowest BCUT2D eigenvalue weighted by Crippen LogP contribution is -2.28. The lowest BCUT2D eigenvalue weighted by Gasteiger charge is -2.35. The quantitative estimate of drug-likeness (QED) is 0.161. The molecule has 0 radical (unpaired) electrons. The van der Waals surface area contributed by atoms with Crippen molar-refractivity contribution in [2.75, 3.05) is 4.90 Å². The molecule has 2 heteroatoms. The predicted molar refractivity (Wildman–Crippen MR) is 293 cm³/mol. The Morgan fingerprint density at radius 3 is 1.43 bits per heavy atom. The van der Waals surface area contributed by atoms with Gasteiger partial charge in [-0.05, 0) is 126 Å². The topological polar surface area (TPSA) is 3.24 Å². The van der Waals surface area contributed by atoms with Gasteiger partial charge in [-0.3, -0.25) is 0 Å². The van der Waals surface area contributed by atoms with Crippen molar-refractivity contribution in [1.82, 2.24) is 0 Å². The Morgan fingerprint density at radius 2 is 0.771 bits per heavy atom. The van der Waals surface area contributed by atoms with Crippen LogP contribution in [0.3, 0.4) is 0 Å². The van der Waals surface area contributed by atoms with E-state index in [2.05, 4.69) is 266 Å². The molecule has 0 amide bonds. The molecular weight excluding hydrogens is 863 g/mol. The van der Waals surface area contributed by atoms with Crippen LogP contribution in [0.2, 0.25) is 0 Å². The van der Waals surface area contributed by atoms with E-state index in [1.165, 1.54) is 109 Å². The first kappa shape index (κ1) is 39.4. The van der Waals surface area contributed by atoms with Crippen LogP contribution in [0.5, 0.6) is 0 Å². The minimum atomic E-state index is -0.544. The molecule has 0 fully saturated rings. The highest BCUT2D eigenvalue weighted by molar-refractivity contribution is 7.25. The van der Waals surface area contributed by atoms with Crippen LogP contribution in [-0.2, 0) is 10.8 Å². The average molecular weight is 906 g/mol. The molecule has 0 N–H and O–H groups in total. The number of hydrogen-bond donors (Lipinski definition) is 0. The van der Waals surface area contributed by atoms with Gasteiger partial charge in [-0.1, -0.05) is 218 Å². The molecule has 11 aromatic carbocycles. The van der Waals surface area contributed by atoms with Crippen molar-refractivity contribution in [2.45, 2.75) is 10.8 Å².